The first kappa shape index (κ1) is 17.3. The number of benzene rings is 1. The van der Waals surface area contributed by atoms with E-state index in [1.165, 1.54) is 0 Å². The lowest BCUT2D eigenvalue weighted by Gasteiger charge is -2.29. The van der Waals surface area contributed by atoms with E-state index in [1.807, 2.05) is 26.8 Å². The first-order valence-electron chi connectivity index (χ1n) is 7.93. The van der Waals surface area contributed by atoms with Crippen LogP contribution in [0.4, 0.5) is 0 Å². The molecular weight excluding hydrogens is 300 g/mol. The minimum atomic E-state index is -0.0731. The van der Waals surface area contributed by atoms with Crippen LogP contribution in [0, 0.1) is 12.8 Å². The van der Waals surface area contributed by atoms with Crippen LogP contribution < -0.4 is 10.1 Å². The molecule has 5 heteroatoms. The van der Waals surface area contributed by atoms with Gasteiger partial charge in [0.2, 0.25) is 0 Å². The summed E-state index contributed by atoms with van der Waals surface area (Å²) in [5.41, 5.74) is 1.52. The van der Waals surface area contributed by atoms with Crippen molar-refractivity contribution in [1.82, 2.24) is 10.2 Å². The molecule has 22 heavy (non-hydrogen) atoms. The first-order valence-corrected chi connectivity index (χ1v) is 8.31. The Morgan fingerprint density at radius 2 is 2.09 bits per heavy atom. The monoisotopic (exact) mass is 324 g/mol. The molecular formula is C17H25ClN2O2. The molecule has 1 fully saturated rings. The lowest BCUT2D eigenvalue weighted by molar-refractivity contribution is 0.0883. The van der Waals surface area contributed by atoms with Crippen molar-refractivity contribution >= 4 is 17.4 Å². The van der Waals surface area contributed by atoms with Crippen LogP contribution in [-0.2, 0) is 0 Å². The van der Waals surface area contributed by atoms with Crippen molar-refractivity contribution in [2.75, 3.05) is 39.3 Å². The summed E-state index contributed by atoms with van der Waals surface area (Å²) in [4.78, 5) is 15.1. The number of rotatable bonds is 6. The molecule has 0 amide bonds. The second-order valence-corrected chi connectivity index (χ2v) is 6.25. The summed E-state index contributed by atoms with van der Waals surface area (Å²) in [6, 6.07) is 3.61. The van der Waals surface area contributed by atoms with Crippen LogP contribution in [0.15, 0.2) is 12.1 Å². The maximum Gasteiger partial charge on any atom is 0.170 e. The molecule has 0 saturated carbocycles. The molecule has 1 unspecified atom stereocenters. The smallest absolute Gasteiger partial charge is 0.170 e. The number of Topliss-reactive ketones (excluding diaryl/α,β-unsaturated/α-hetero) is 1. The van der Waals surface area contributed by atoms with Crippen LogP contribution in [0.3, 0.4) is 0 Å². The van der Waals surface area contributed by atoms with Gasteiger partial charge in [-0.05, 0) is 31.5 Å². The van der Waals surface area contributed by atoms with Crippen molar-refractivity contribution in [3.63, 3.8) is 0 Å². The summed E-state index contributed by atoms with van der Waals surface area (Å²) < 4.78 is 5.63. The van der Waals surface area contributed by atoms with E-state index < -0.39 is 0 Å². The quantitative estimate of drug-likeness (QED) is 0.817. The molecule has 1 aliphatic rings. The molecule has 1 N–H and O–H groups in total. The van der Waals surface area contributed by atoms with Crippen molar-refractivity contribution in [3.8, 4) is 5.75 Å². The van der Waals surface area contributed by atoms with Crippen molar-refractivity contribution in [1.29, 1.82) is 0 Å². The third-order valence-electron chi connectivity index (χ3n) is 4.02. The minimum absolute atomic E-state index is 0.0731. The minimum Gasteiger partial charge on any atom is -0.493 e. The number of nitrogens with one attached hydrogen (secondary N) is 1. The van der Waals surface area contributed by atoms with Crippen LogP contribution in [0.2, 0.25) is 5.02 Å². The predicted molar refractivity (Wildman–Crippen MR) is 90.2 cm³/mol. The van der Waals surface area contributed by atoms with Gasteiger partial charge < -0.3 is 15.0 Å². The third-order valence-corrected chi connectivity index (χ3v) is 4.42. The van der Waals surface area contributed by atoms with E-state index in [4.69, 9.17) is 16.3 Å². The first-order chi connectivity index (χ1) is 10.5. The number of piperazine rings is 1. The Bertz CT molecular complexity index is 528. The van der Waals surface area contributed by atoms with E-state index in [2.05, 4.69) is 10.2 Å². The molecule has 1 aromatic carbocycles. The summed E-state index contributed by atoms with van der Waals surface area (Å²) in [5.74, 6) is 0.668. The van der Waals surface area contributed by atoms with Gasteiger partial charge in [-0.1, -0.05) is 18.5 Å². The summed E-state index contributed by atoms with van der Waals surface area (Å²) in [7, 11) is 0. The van der Waals surface area contributed by atoms with Crippen molar-refractivity contribution in [3.05, 3.63) is 28.3 Å². The van der Waals surface area contributed by atoms with E-state index in [0.717, 1.165) is 38.3 Å². The molecule has 1 heterocycles. The Balaban J connectivity index is 2.14. The Labute approximate surface area is 137 Å². The number of hydrogen-bond acceptors (Lipinski definition) is 4. The Morgan fingerprint density at radius 3 is 2.73 bits per heavy atom. The molecule has 1 aromatic rings. The lowest BCUT2D eigenvalue weighted by Crippen LogP contribution is -2.45. The standard InChI is InChI=1S/C17H25ClN2O2/c1-4-22-16-9-12(2)15(18)10-14(16)17(21)13(3)11-20-7-5-19-6-8-20/h9-10,13,19H,4-8,11H2,1-3H3. The average molecular weight is 325 g/mol. The normalized spacial score (nSPS) is 17.3. The highest BCUT2D eigenvalue weighted by Crippen LogP contribution is 2.29. The molecule has 1 saturated heterocycles. The molecule has 0 aliphatic carbocycles. The van der Waals surface area contributed by atoms with Crippen LogP contribution in [-0.4, -0.2) is 50.0 Å². The lowest BCUT2D eigenvalue weighted by atomic mass is 9.96. The topological polar surface area (TPSA) is 41.6 Å². The maximum absolute atomic E-state index is 12.8. The second-order valence-electron chi connectivity index (χ2n) is 5.85. The van der Waals surface area contributed by atoms with Gasteiger partial charge in [0.25, 0.3) is 0 Å². The average Bonchev–Trinajstić information content (AvgIpc) is 2.51. The molecule has 1 aliphatic heterocycles. The largest absolute Gasteiger partial charge is 0.493 e. The number of carbonyl (C=O) groups is 1. The highest BCUT2D eigenvalue weighted by molar-refractivity contribution is 6.31. The van der Waals surface area contributed by atoms with Crippen molar-refractivity contribution in [2.24, 2.45) is 5.92 Å². The third kappa shape index (κ3) is 4.22. The van der Waals surface area contributed by atoms with Gasteiger partial charge in [-0.2, -0.15) is 0 Å². The Morgan fingerprint density at radius 1 is 1.41 bits per heavy atom. The second kappa shape index (κ2) is 7.95. The number of ketones is 1. The van der Waals surface area contributed by atoms with Gasteiger partial charge in [0.1, 0.15) is 5.75 Å². The fourth-order valence-corrected chi connectivity index (χ4v) is 2.92. The number of hydrogen-bond donors (Lipinski definition) is 1. The van der Waals surface area contributed by atoms with Gasteiger partial charge in [0, 0.05) is 43.7 Å². The molecule has 2 rings (SSSR count). The van der Waals surface area contributed by atoms with E-state index in [9.17, 15) is 4.79 Å². The zero-order valence-corrected chi connectivity index (χ0v) is 14.4. The maximum atomic E-state index is 12.8. The number of ether oxygens (including phenoxy) is 1. The number of carbonyl (C=O) groups excluding carboxylic acids is 1. The summed E-state index contributed by atoms with van der Waals surface area (Å²) in [5, 5.41) is 3.94. The fraction of sp³-hybridized carbons (Fsp3) is 0.588. The predicted octanol–water partition coefficient (Wildman–Crippen LogP) is 2.77. The van der Waals surface area contributed by atoms with Gasteiger partial charge in [-0.15, -0.1) is 0 Å². The van der Waals surface area contributed by atoms with Crippen LogP contribution in [0.1, 0.15) is 29.8 Å². The molecule has 0 aromatic heterocycles. The van der Waals surface area contributed by atoms with E-state index in [0.29, 0.717) is 22.9 Å². The van der Waals surface area contributed by atoms with Gasteiger partial charge in [0.05, 0.1) is 12.2 Å². The number of nitrogens with zero attached hydrogens (tertiary/aromatic N) is 1. The Kier molecular flexibility index (Phi) is 6.24. The fourth-order valence-electron chi connectivity index (χ4n) is 2.75. The zero-order valence-electron chi connectivity index (χ0n) is 13.6. The van der Waals surface area contributed by atoms with Gasteiger partial charge in [-0.25, -0.2) is 0 Å². The summed E-state index contributed by atoms with van der Waals surface area (Å²) in [6.45, 7) is 11.1. The molecule has 0 bridgehead atoms. The molecule has 4 nitrogen and oxygen atoms in total. The van der Waals surface area contributed by atoms with Crippen molar-refractivity contribution in [2.45, 2.75) is 20.8 Å². The summed E-state index contributed by atoms with van der Waals surface area (Å²) >= 11 is 6.20. The molecule has 1 atom stereocenters. The molecule has 0 radical (unpaired) electrons. The van der Waals surface area contributed by atoms with E-state index in [1.54, 1.807) is 6.07 Å². The molecule has 0 spiro atoms. The van der Waals surface area contributed by atoms with Crippen LogP contribution in [0.5, 0.6) is 5.75 Å². The van der Waals surface area contributed by atoms with Crippen molar-refractivity contribution < 1.29 is 9.53 Å². The highest BCUT2D eigenvalue weighted by atomic mass is 35.5. The van der Waals surface area contributed by atoms with Gasteiger partial charge in [-0.3, -0.25) is 4.79 Å². The Hall–Kier alpha value is -1.10. The molecule has 122 valence electrons. The van der Waals surface area contributed by atoms with E-state index >= 15 is 0 Å². The zero-order chi connectivity index (χ0) is 16.1. The van der Waals surface area contributed by atoms with E-state index in [-0.39, 0.29) is 11.7 Å². The van der Waals surface area contributed by atoms with Gasteiger partial charge in [0.15, 0.2) is 5.78 Å². The highest BCUT2D eigenvalue weighted by Gasteiger charge is 2.23. The number of halogens is 1. The van der Waals surface area contributed by atoms with Crippen LogP contribution >= 0.6 is 11.6 Å². The summed E-state index contributed by atoms with van der Waals surface area (Å²) in [6.07, 6.45) is 0. The van der Waals surface area contributed by atoms with Crippen LogP contribution in [0.25, 0.3) is 0 Å². The number of aryl methyl sites for hydroxylation is 1. The van der Waals surface area contributed by atoms with Gasteiger partial charge >= 0.3 is 0 Å². The SMILES string of the molecule is CCOc1cc(C)c(Cl)cc1C(=O)C(C)CN1CCNCC1.